The molecule has 0 aromatic carbocycles. The van der Waals surface area contributed by atoms with E-state index in [4.69, 9.17) is 10.5 Å². The maximum absolute atomic E-state index is 11.7. The number of carbonyl (C=O) groups is 1. The molecule has 1 amide bonds. The fourth-order valence-electron chi connectivity index (χ4n) is 1.43. The Labute approximate surface area is 103 Å². The zero-order valence-electron chi connectivity index (χ0n) is 10.5. The Morgan fingerprint density at radius 3 is 2.69 bits per heavy atom. The van der Waals surface area contributed by atoms with E-state index in [-0.39, 0.29) is 11.9 Å². The minimum absolute atomic E-state index is 0.0652. The molecule has 0 rings (SSSR count). The number of ether oxygens (including phenoxy) is 1. The molecular weight excluding hydrogens is 224 g/mol. The molecule has 0 heterocycles. The third-order valence-electron chi connectivity index (χ3n) is 2.32. The maximum Gasteiger partial charge on any atom is 0.237 e. The third kappa shape index (κ3) is 7.09. The molecule has 96 valence electrons. The number of rotatable bonds is 9. The molecule has 5 heteroatoms. The minimum Gasteiger partial charge on any atom is -0.383 e. The second-order valence-corrected chi connectivity index (χ2v) is 4.82. The summed E-state index contributed by atoms with van der Waals surface area (Å²) in [5.74, 6) is 0.849. The van der Waals surface area contributed by atoms with Crippen LogP contribution in [0.2, 0.25) is 0 Å². The van der Waals surface area contributed by atoms with E-state index < -0.39 is 6.04 Å². The number of nitrogens with one attached hydrogen (secondary N) is 1. The Bertz CT molecular complexity index is 185. The molecule has 0 aliphatic rings. The van der Waals surface area contributed by atoms with Crippen LogP contribution < -0.4 is 11.1 Å². The van der Waals surface area contributed by atoms with Gasteiger partial charge in [-0.05, 0) is 24.9 Å². The summed E-state index contributed by atoms with van der Waals surface area (Å²) in [7, 11) is 1.64. The van der Waals surface area contributed by atoms with Crippen LogP contribution in [0, 0.1) is 0 Å². The van der Waals surface area contributed by atoms with Crippen LogP contribution in [0.15, 0.2) is 0 Å². The number of methoxy groups -OCH3 is 1. The Morgan fingerprint density at radius 2 is 2.19 bits per heavy atom. The third-order valence-corrected chi connectivity index (χ3v) is 2.97. The second kappa shape index (κ2) is 9.93. The normalized spacial score (nSPS) is 14.5. The van der Waals surface area contributed by atoms with Crippen LogP contribution in [0.5, 0.6) is 0 Å². The number of carbonyl (C=O) groups excluding carboxylic acids is 1. The van der Waals surface area contributed by atoms with Gasteiger partial charge in [-0.3, -0.25) is 4.79 Å². The summed E-state index contributed by atoms with van der Waals surface area (Å²) in [6.07, 6.45) is 4.68. The van der Waals surface area contributed by atoms with Gasteiger partial charge in [0.1, 0.15) is 0 Å². The van der Waals surface area contributed by atoms with Gasteiger partial charge in [0.25, 0.3) is 0 Å². The Hall–Kier alpha value is -0.260. The molecule has 1 unspecified atom stereocenters. The molecule has 0 aliphatic heterocycles. The van der Waals surface area contributed by atoms with E-state index in [0.717, 1.165) is 25.0 Å². The van der Waals surface area contributed by atoms with Crippen LogP contribution in [0.1, 0.15) is 26.2 Å². The zero-order chi connectivity index (χ0) is 12.4. The highest BCUT2D eigenvalue weighted by molar-refractivity contribution is 7.98. The molecule has 0 bridgehead atoms. The largest absolute Gasteiger partial charge is 0.383 e. The van der Waals surface area contributed by atoms with E-state index in [0.29, 0.717) is 6.61 Å². The highest BCUT2D eigenvalue weighted by Gasteiger charge is 2.17. The highest BCUT2D eigenvalue weighted by Crippen LogP contribution is 2.01. The fourth-order valence-corrected chi connectivity index (χ4v) is 1.92. The average molecular weight is 248 g/mol. The highest BCUT2D eigenvalue weighted by atomic mass is 32.2. The van der Waals surface area contributed by atoms with Gasteiger partial charge >= 0.3 is 0 Å². The molecule has 16 heavy (non-hydrogen) atoms. The quantitative estimate of drug-likeness (QED) is 0.639. The summed E-state index contributed by atoms with van der Waals surface area (Å²) in [6, 6.07) is -0.313. The topological polar surface area (TPSA) is 64.3 Å². The lowest BCUT2D eigenvalue weighted by Crippen LogP contribution is -2.47. The van der Waals surface area contributed by atoms with Crippen molar-refractivity contribution in [1.82, 2.24) is 5.32 Å². The second-order valence-electron chi connectivity index (χ2n) is 3.84. The van der Waals surface area contributed by atoms with Crippen molar-refractivity contribution in [3.05, 3.63) is 0 Å². The van der Waals surface area contributed by atoms with Gasteiger partial charge in [-0.15, -0.1) is 0 Å². The van der Waals surface area contributed by atoms with Gasteiger partial charge in [0, 0.05) is 7.11 Å². The van der Waals surface area contributed by atoms with Crippen LogP contribution in [-0.2, 0) is 9.53 Å². The molecule has 0 aromatic rings. The van der Waals surface area contributed by atoms with Crippen molar-refractivity contribution < 1.29 is 9.53 Å². The monoisotopic (exact) mass is 248 g/mol. The first kappa shape index (κ1) is 15.7. The van der Waals surface area contributed by atoms with Gasteiger partial charge in [-0.25, -0.2) is 0 Å². The molecule has 3 N–H and O–H groups in total. The standard InChI is InChI=1S/C11H24N2O2S/c1-4-5-9(8-15-2)13-11(14)10(12)6-7-16-3/h9-10H,4-8,12H2,1-3H3,(H,13,14)/t9?,10-/m0/s1. The van der Waals surface area contributed by atoms with E-state index in [1.807, 2.05) is 6.26 Å². The lowest BCUT2D eigenvalue weighted by molar-refractivity contribution is -0.123. The summed E-state index contributed by atoms with van der Waals surface area (Å²) in [5.41, 5.74) is 5.78. The first-order valence-electron chi connectivity index (χ1n) is 5.69. The van der Waals surface area contributed by atoms with Crippen LogP contribution in [0.4, 0.5) is 0 Å². The number of thioether (sulfide) groups is 1. The smallest absolute Gasteiger partial charge is 0.237 e. The molecule has 0 saturated carbocycles. The van der Waals surface area contributed by atoms with Crippen molar-refractivity contribution in [2.75, 3.05) is 25.7 Å². The predicted octanol–water partition coefficient (Wildman–Crippen LogP) is 0.998. The van der Waals surface area contributed by atoms with Crippen LogP contribution in [0.3, 0.4) is 0 Å². The fraction of sp³-hybridized carbons (Fsp3) is 0.909. The summed E-state index contributed by atoms with van der Waals surface area (Å²) >= 11 is 1.70. The maximum atomic E-state index is 11.7. The van der Waals surface area contributed by atoms with Crippen molar-refractivity contribution in [1.29, 1.82) is 0 Å². The molecule has 0 radical (unpaired) electrons. The van der Waals surface area contributed by atoms with Crippen molar-refractivity contribution in [3.8, 4) is 0 Å². The molecule has 0 fully saturated rings. The molecule has 0 aromatic heterocycles. The van der Waals surface area contributed by atoms with Crippen LogP contribution in [0.25, 0.3) is 0 Å². The number of hydrogen-bond donors (Lipinski definition) is 2. The van der Waals surface area contributed by atoms with Gasteiger partial charge in [0.15, 0.2) is 0 Å². The molecular formula is C11H24N2O2S. The number of nitrogens with two attached hydrogens (primary N) is 1. The van der Waals surface area contributed by atoms with Crippen LogP contribution >= 0.6 is 11.8 Å². The number of amides is 1. The summed E-state index contributed by atoms with van der Waals surface area (Å²) in [5, 5.41) is 2.93. The van der Waals surface area contributed by atoms with E-state index in [2.05, 4.69) is 12.2 Å². The van der Waals surface area contributed by atoms with Gasteiger partial charge in [0.05, 0.1) is 18.7 Å². The number of hydrogen-bond acceptors (Lipinski definition) is 4. The van der Waals surface area contributed by atoms with Crippen molar-refractivity contribution in [2.45, 2.75) is 38.3 Å². The van der Waals surface area contributed by atoms with Crippen molar-refractivity contribution in [3.63, 3.8) is 0 Å². The summed E-state index contributed by atoms with van der Waals surface area (Å²) < 4.78 is 5.06. The molecule has 0 saturated heterocycles. The van der Waals surface area contributed by atoms with E-state index in [1.165, 1.54) is 0 Å². The van der Waals surface area contributed by atoms with Gasteiger partial charge in [-0.1, -0.05) is 13.3 Å². The Morgan fingerprint density at radius 1 is 1.50 bits per heavy atom. The SMILES string of the molecule is CCCC(COC)NC(=O)[C@@H](N)CCSC. The summed E-state index contributed by atoms with van der Waals surface area (Å²) in [6.45, 7) is 2.64. The van der Waals surface area contributed by atoms with E-state index in [1.54, 1.807) is 18.9 Å². The minimum atomic E-state index is -0.399. The lowest BCUT2D eigenvalue weighted by atomic mass is 10.1. The Kier molecular flexibility index (Phi) is 9.77. The first-order chi connectivity index (χ1) is 7.65. The van der Waals surface area contributed by atoms with E-state index in [9.17, 15) is 4.79 Å². The van der Waals surface area contributed by atoms with Gasteiger partial charge < -0.3 is 15.8 Å². The first-order valence-corrected chi connectivity index (χ1v) is 7.08. The zero-order valence-corrected chi connectivity index (χ0v) is 11.3. The summed E-state index contributed by atoms with van der Waals surface area (Å²) in [4.78, 5) is 11.7. The van der Waals surface area contributed by atoms with Gasteiger partial charge in [0.2, 0.25) is 5.91 Å². The van der Waals surface area contributed by atoms with Gasteiger partial charge in [-0.2, -0.15) is 11.8 Å². The Balaban J connectivity index is 3.96. The molecule has 0 aliphatic carbocycles. The van der Waals surface area contributed by atoms with Crippen molar-refractivity contribution in [2.24, 2.45) is 5.73 Å². The lowest BCUT2D eigenvalue weighted by Gasteiger charge is -2.19. The van der Waals surface area contributed by atoms with E-state index >= 15 is 0 Å². The molecule has 2 atom stereocenters. The van der Waals surface area contributed by atoms with Crippen LogP contribution in [-0.4, -0.2) is 43.7 Å². The molecule has 4 nitrogen and oxygen atoms in total. The predicted molar refractivity (Wildman–Crippen MR) is 69.7 cm³/mol. The molecule has 0 spiro atoms. The van der Waals surface area contributed by atoms with Crippen molar-refractivity contribution >= 4 is 17.7 Å². The average Bonchev–Trinajstić information content (AvgIpc) is 2.26.